The first kappa shape index (κ1) is 13.1. The predicted molar refractivity (Wildman–Crippen MR) is 75.8 cm³/mol. The number of para-hydroxylation sites is 1. The average Bonchev–Trinajstić information content (AvgIpc) is 2.77. The lowest BCUT2D eigenvalue weighted by Gasteiger charge is -2.25. The topological polar surface area (TPSA) is 39.3 Å². The summed E-state index contributed by atoms with van der Waals surface area (Å²) in [7, 11) is 0. The lowest BCUT2D eigenvalue weighted by molar-refractivity contribution is 0.167. The standard InChI is InChI=1S/C15H22N2O/c1-12(2)17(9-10-18)8-7-13-11-16-15-6-4-3-5-14(13)15/h3-6,11-12,16,18H,7-10H2,1-2H3. The molecule has 1 aromatic carbocycles. The first-order valence-electron chi connectivity index (χ1n) is 6.62. The minimum Gasteiger partial charge on any atom is -0.395 e. The second-order valence-corrected chi connectivity index (χ2v) is 4.96. The van der Waals surface area contributed by atoms with Crippen LogP contribution in [-0.2, 0) is 6.42 Å². The number of hydrogen-bond acceptors (Lipinski definition) is 2. The maximum atomic E-state index is 9.07. The van der Waals surface area contributed by atoms with E-state index in [1.165, 1.54) is 16.5 Å². The fourth-order valence-corrected chi connectivity index (χ4v) is 2.36. The molecule has 0 saturated carbocycles. The Hall–Kier alpha value is -1.32. The van der Waals surface area contributed by atoms with Gasteiger partial charge in [-0.3, -0.25) is 4.90 Å². The summed E-state index contributed by atoms with van der Waals surface area (Å²) in [6.45, 7) is 6.31. The molecule has 0 unspecified atom stereocenters. The number of benzene rings is 1. The molecule has 0 aliphatic carbocycles. The van der Waals surface area contributed by atoms with Crippen LogP contribution in [0.1, 0.15) is 19.4 Å². The van der Waals surface area contributed by atoms with E-state index in [0.29, 0.717) is 6.04 Å². The summed E-state index contributed by atoms with van der Waals surface area (Å²) in [6.07, 6.45) is 3.12. The van der Waals surface area contributed by atoms with E-state index in [0.717, 1.165) is 19.5 Å². The van der Waals surface area contributed by atoms with E-state index in [1.54, 1.807) is 0 Å². The molecule has 98 valence electrons. The number of nitrogens with one attached hydrogen (secondary N) is 1. The Morgan fingerprint density at radius 3 is 2.72 bits per heavy atom. The van der Waals surface area contributed by atoms with Gasteiger partial charge in [0.2, 0.25) is 0 Å². The lowest BCUT2D eigenvalue weighted by Crippen LogP contribution is -2.35. The van der Waals surface area contributed by atoms with Crippen LogP contribution >= 0.6 is 0 Å². The highest BCUT2D eigenvalue weighted by Crippen LogP contribution is 2.18. The number of rotatable bonds is 6. The van der Waals surface area contributed by atoms with Crippen LogP contribution in [0.4, 0.5) is 0 Å². The van der Waals surface area contributed by atoms with Crippen LogP contribution < -0.4 is 0 Å². The Kier molecular flexibility index (Phi) is 4.39. The molecule has 0 aliphatic rings. The zero-order chi connectivity index (χ0) is 13.0. The van der Waals surface area contributed by atoms with Crippen molar-refractivity contribution < 1.29 is 5.11 Å². The molecule has 0 aliphatic heterocycles. The molecule has 0 atom stereocenters. The summed E-state index contributed by atoms with van der Waals surface area (Å²) in [4.78, 5) is 5.61. The third-order valence-electron chi connectivity index (χ3n) is 3.46. The van der Waals surface area contributed by atoms with Gasteiger partial charge in [-0.05, 0) is 31.9 Å². The monoisotopic (exact) mass is 246 g/mol. The van der Waals surface area contributed by atoms with Crippen molar-refractivity contribution >= 4 is 10.9 Å². The Morgan fingerprint density at radius 1 is 1.22 bits per heavy atom. The van der Waals surface area contributed by atoms with Gasteiger partial charge < -0.3 is 10.1 Å². The summed E-state index contributed by atoms with van der Waals surface area (Å²) in [6, 6.07) is 8.87. The van der Waals surface area contributed by atoms with Gasteiger partial charge in [-0.15, -0.1) is 0 Å². The summed E-state index contributed by atoms with van der Waals surface area (Å²) in [5.41, 5.74) is 2.56. The minimum absolute atomic E-state index is 0.228. The molecule has 2 rings (SSSR count). The summed E-state index contributed by atoms with van der Waals surface area (Å²) in [5, 5.41) is 10.4. The van der Waals surface area contributed by atoms with Crippen molar-refractivity contribution in [1.29, 1.82) is 0 Å². The predicted octanol–water partition coefficient (Wildman–Crippen LogP) is 2.41. The van der Waals surface area contributed by atoms with E-state index in [9.17, 15) is 0 Å². The van der Waals surface area contributed by atoms with E-state index in [4.69, 9.17) is 5.11 Å². The first-order chi connectivity index (χ1) is 8.72. The molecule has 18 heavy (non-hydrogen) atoms. The van der Waals surface area contributed by atoms with Crippen LogP contribution in [-0.4, -0.2) is 40.7 Å². The molecular weight excluding hydrogens is 224 g/mol. The highest BCUT2D eigenvalue weighted by molar-refractivity contribution is 5.83. The maximum absolute atomic E-state index is 9.07. The highest BCUT2D eigenvalue weighted by Gasteiger charge is 2.10. The molecule has 1 heterocycles. The fourth-order valence-electron chi connectivity index (χ4n) is 2.36. The van der Waals surface area contributed by atoms with E-state index in [2.05, 4.69) is 54.2 Å². The Labute approximate surface area is 108 Å². The van der Waals surface area contributed by atoms with E-state index < -0.39 is 0 Å². The van der Waals surface area contributed by atoms with Gasteiger partial charge in [-0.1, -0.05) is 18.2 Å². The number of fused-ring (bicyclic) bond motifs is 1. The van der Waals surface area contributed by atoms with Crippen molar-refractivity contribution in [2.75, 3.05) is 19.7 Å². The van der Waals surface area contributed by atoms with Crippen molar-refractivity contribution in [1.82, 2.24) is 9.88 Å². The molecule has 3 heteroatoms. The molecule has 0 amide bonds. The molecule has 2 aromatic rings. The largest absolute Gasteiger partial charge is 0.395 e. The van der Waals surface area contributed by atoms with Crippen LogP contribution in [0.15, 0.2) is 30.5 Å². The number of aliphatic hydroxyl groups excluding tert-OH is 1. The third-order valence-corrected chi connectivity index (χ3v) is 3.46. The van der Waals surface area contributed by atoms with Gasteiger partial charge in [0.25, 0.3) is 0 Å². The smallest absolute Gasteiger partial charge is 0.0558 e. The van der Waals surface area contributed by atoms with E-state index in [-0.39, 0.29) is 6.61 Å². The summed E-state index contributed by atoms with van der Waals surface area (Å²) in [5.74, 6) is 0. The summed E-state index contributed by atoms with van der Waals surface area (Å²) >= 11 is 0. The second-order valence-electron chi connectivity index (χ2n) is 4.96. The molecule has 0 spiro atoms. The molecule has 3 nitrogen and oxygen atoms in total. The van der Waals surface area contributed by atoms with Gasteiger partial charge in [0.15, 0.2) is 0 Å². The van der Waals surface area contributed by atoms with Crippen LogP contribution in [0, 0.1) is 0 Å². The van der Waals surface area contributed by atoms with Gasteiger partial charge in [0, 0.05) is 36.2 Å². The zero-order valence-electron chi connectivity index (χ0n) is 11.2. The fraction of sp³-hybridized carbons (Fsp3) is 0.467. The maximum Gasteiger partial charge on any atom is 0.0558 e. The quantitative estimate of drug-likeness (QED) is 0.821. The summed E-state index contributed by atoms with van der Waals surface area (Å²) < 4.78 is 0. The van der Waals surface area contributed by atoms with Gasteiger partial charge in [-0.25, -0.2) is 0 Å². The number of aliphatic hydroxyl groups is 1. The number of H-pyrrole nitrogens is 1. The van der Waals surface area contributed by atoms with Gasteiger partial charge in [0.1, 0.15) is 0 Å². The molecular formula is C15H22N2O. The van der Waals surface area contributed by atoms with Crippen molar-refractivity contribution in [3.05, 3.63) is 36.0 Å². The SMILES string of the molecule is CC(C)N(CCO)CCc1c[nH]c2ccccc12. The molecule has 0 bridgehead atoms. The van der Waals surface area contributed by atoms with Crippen molar-refractivity contribution in [3.63, 3.8) is 0 Å². The Bertz CT molecular complexity index is 490. The third kappa shape index (κ3) is 2.92. The normalized spacial score (nSPS) is 11.8. The average molecular weight is 246 g/mol. The van der Waals surface area contributed by atoms with E-state index in [1.807, 2.05) is 0 Å². The van der Waals surface area contributed by atoms with E-state index >= 15 is 0 Å². The number of hydrogen-bond donors (Lipinski definition) is 2. The number of aromatic nitrogens is 1. The van der Waals surface area contributed by atoms with Crippen LogP contribution in [0.3, 0.4) is 0 Å². The molecule has 0 fully saturated rings. The van der Waals surface area contributed by atoms with Crippen LogP contribution in [0.25, 0.3) is 10.9 Å². The second kappa shape index (κ2) is 6.03. The molecule has 1 aromatic heterocycles. The minimum atomic E-state index is 0.228. The van der Waals surface area contributed by atoms with Crippen LogP contribution in [0.5, 0.6) is 0 Å². The van der Waals surface area contributed by atoms with Crippen LogP contribution in [0.2, 0.25) is 0 Å². The van der Waals surface area contributed by atoms with Gasteiger partial charge in [0.05, 0.1) is 6.61 Å². The van der Waals surface area contributed by atoms with Crippen molar-refractivity contribution in [2.24, 2.45) is 0 Å². The number of aromatic amines is 1. The van der Waals surface area contributed by atoms with Crippen molar-refractivity contribution in [3.8, 4) is 0 Å². The first-order valence-corrected chi connectivity index (χ1v) is 6.62. The zero-order valence-corrected chi connectivity index (χ0v) is 11.2. The lowest BCUT2D eigenvalue weighted by atomic mass is 10.1. The van der Waals surface area contributed by atoms with Gasteiger partial charge >= 0.3 is 0 Å². The Balaban J connectivity index is 2.05. The molecule has 2 N–H and O–H groups in total. The molecule has 0 saturated heterocycles. The van der Waals surface area contributed by atoms with Gasteiger partial charge in [-0.2, -0.15) is 0 Å². The van der Waals surface area contributed by atoms with Crippen molar-refractivity contribution in [2.45, 2.75) is 26.3 Å². The number of nitrogens with zero attached hydrogens (tertiary/aromatic N) is 1. The Morgan fingerprint density at radius 2 is 2.00 bits per heavy atom. The highest BCUT2D eigenvalue weighted by atomic mass is 16.3. The molecule has 0 radical (unpaired) electrons.